The van der Waals surface area contributed by atoms with E-state index in [1.165, 1.54) is 0 Å². The molecular weight excluding hydrogens is 524 g/mol. The molecule has 4 amide bonds. The van der Waals surface area contributed by atoms with Crippen LogP contribution in [0, 0.1) is 11.8 Å². The molecule has 0 spiro atoms. The zero-order valence-corrected chi connectivity index (χ0v) is 24.2. The molecule has 2 aromatic rings. The Bertz CT molecular complexity index is 1160. The molecule has 222 valence electrons. The molecule has 4 atom stereocenters. The predicted octanol–water partition coefficient (Wildman–Crippen LogP) is 2.75. The van der Waals surface area contributed by atoms with Crippen LogP contribution in [0.15, 0.2) is 60.7 Å². The van der Waals surface area contributed by atoms with Crippen molar-refractivity contribution in [2.75, 3.05) is 6.54 Å². The Kier molecular flexibility index (Phi) is 11.9. The lowest BCUT2D eigenvalue weighted by atomic mass is 9.95. The largest absolute Gasteiger partial charge is 0.445 e. The summed E-state index contributed by atoms with van der Waals surface area (Å²) in [5.41, 5.74) is 1.71. The number of alkyl carbamates (subject to hydrolysis) is 1. The van der Waals surface area contributed by atoms with Crippen LogP contribution in [-0.4, -0.2) is 64.6 Å². The van der Waals surface area contributed by atoms with Crippen molar-refractivity contribution < 1.29 is 29.0 Å². The van der Waals surface area contributed by atoms with Gasteiger partial charge in [-0.2, -0.15) is 0 Å². The van der Waals surface area contributed by atoms with E-state index < -0.39 is 48.0 Å². The van der Waals surface area contributed by atoms with E-state index in [0.29, 0.717) is 19.4 Å². The first-order valence-corrected chi connectivity index (χ1v) is 14.2. The SMILES string of the molecule is CC(C)[C@@H](C(O)C(=O)NCc1ccccc1)N1CCC[C@H]1C(=O)NC(=O)[C@@H](NC(=O)OCc1ccccc1)C(C)C. The molecule has 4 N–H and O–H groups in total. The average Bonchev–Trinajstić information content (AvgIpc) is 3.43. The molecule has 0 aliphatic carbocycles. The number of hydrogen-bond acceptors (Lipinski definition) is 7. The number of nitrogens with zero attached hydrogens (tertiary/aromatic N) is 1. The number of benzene rings is 2. The van der Waals surface area contributed by atoms with Crippen LogP contribution in [0.4, 0.5) is 4.79 Å². The van der Waals surface area contributed by atoms with Gasteiger partial charge in [-0.3, -0.25) is 24.6 Å². The first kappa shape index (κ1) is 31.8. The van der Waals surface area contributed by atoms with Crippen molar-refractivity contribution in [3.8, 4) is 0 Å². The maximum Gasteiger partial charge on any atom is 0.408 e. The molecular formula is C31H42N4O6. The summed E-state index contributed by atoms with van der Waals surface area (Å²) in [4.78, 5) is 53.5. The minimum Gasteiger partial charge on any atom is -0.445 e. The van der Waals surface area contributed by atoms with E-state index in [1.54, 1.807) is 13.8 Å². The van der Waals surface area contributed by atoms with Crippen molar-refractivity contribution in [1.29, 1.82) is 0 Å². The molecule has 1 aliphatic heterocycles. The molecule has 0 radical (unpaired) electrons. The lowest BCUT2D eigenvalue weighted by Crippen LogP contribution is -2.59. The van der Waals surface area contributed by atoms with E-state index in [4.69, 9.17) is 4.74 Å². The minimum absolute atomic E-state index is 0.0485. The number of carbonyl (C=O) groups is 4. The van der Waals surface area contributed by atoms with Crippen LogP contribution in [0.25, 0.3) is 0 Å². The van der Waals surface area contributed by atoms with Gasteiger partial charge >= 0.3 is 6.09 Å². The van der Waals surface area contributed by atoms with Crippen LogP contribution < -0.4 is 16.0 Å². The number of hydrogen-bond donors (Lipinski definition) is 4. The Morgan fingerprint density at radius 3 is 2.10 bits per heavy atom. The molecule has 0 saturated carbocycles. The van der Waals surface area contributed by atoms with Crippen LogP contribution >= 0.6 is 0 Å². The van der Waals surface area contributed by atoms with Gasteiger partial charge in [0.15, 0.2) is 0 Å². The third kappa shape index (κ3) is 9.12. The number of carbonyl (C=O) groups excluding carboxylic acids is 4. The summed E-state index contributed by atoms with van der Waals surface area (Å²) >= 11 is 0. The van der Waals surface area contributed by atoms with Gasteiger partial charge in [0.1, 0.15) is 18.8 Å². The number of likely N-dealkylation sites (tertiary alicyclic amines) is 1. The molecule has 1 fully saturated rings. The summed E-state index contributed by atoms with van der Waals surface area (Å²) in [6.07, 6.45) is -0.986. The number of nitrogens with one attached hydrogen (secondary N) is 3. The van der Waals surface area contributed by atoms with Crippen LogP contribution in [0.1, 0.15) is 51.7 Å². The summed E-state index contributed by atoms with van der Waals surface area (Å²) in [6, 6.07) is 16.2. The summed E-state index contributed by atoms with van der Waals surface area (Å²) in [6.45, 7) is 8.10. The van der Waals surface area contributed by atoms with Crippen molar-refractivity contribution in [2.45, 2.75) is 77.9 Å². The lowest BCUT2D eigenvalue weighted by molar-refractivity contribution is -0.140. The highest BCUT2D eigenvalue weighted by Gasteiger charge is 2.42. The fourth-order valence-electron chi connectivity index (χ4n) is 5.11. The molecule has 1 heterocycles. The van der Waals surface area contributed by atoms with Crippen LogP contribution in [-0.2, 0) is 32.3 Å². The highest BCUT2D eigenvalue weighted by Crippen LogP contribution is 2.26. The van der Waals surface area contributed by atoms with Gasteiger partial charge in [0.05, 0.1) is 6.04 Å². The second-order valence-electron chi connectivity index (χ2n) is 11.1. The summed E-state index contributed by atoms with van der Waals surface area (Å²) in [7, 11) is 0. The van der Waals surface area contributed by atoms with Crippen molar-refractivity contribution in [1.82, 2.24) is 20.9 Å². The second kappa shape index (κ2) is 15.3. The van der Waals surface area contributed by atoms with E-state index in [-0.39, 0.29) is 25.0 Å². The van der Waals surface area contributed by atoms with Crippen LogP contribution in [0.5, 0.6) is 0 Å². The molecule has 0 bridgehead atoms. The Hall–Kier alpha value is -3.76. The van der Waals surface area contributed by atoms with Gasteiger partial charge in [-0.25, -0.2) is 4.79 Å². The zero-order valence-electron chi connectivity index (χ0n) is 24.2. The van der Waals surface area contributed by atoms with E-state index in [9.17, 15) is 24.3 Å². The Balaban J connectivity index is 1.60. The quantitative estimate of drug-likeness (QED) is 0.310. The number of aliphatic hydroxyl groups is 1. The molecule has 1 aliphatic rings. The summed E-state index contributed by atoms with van der Waals surface area (Å²) < 4.78 is 5.25. The molecule has 1 unspecified atom stereocenters. The number of rotatable bonds is 12. The lowest BCUT2D eigenvalue weighted by Gasteiger charge is -2.37. The first-order chi connectivity index (χ1) is 19.6. The third-order valence-electron chi connectivity index (χ3n) is 7.25. The maximum absolute atomic E-state index is 13.3. The molecule has 2 aromatic carbocycles. The van der Waals surface area contributed by atoms with Crippen molar-refractivity contribution in [2.24, 2.45) is 11.8 Å². The highest BCUT2D eigenvalue weighted by molar-refractivity contribution is 6.01. The van der Waals surface area contributed by atoms with E-state index >= 15 is 0 Å². The number of aliphatic hydroxyl groups excluding tert-OH is 1. The maximum atomic E-state index is 13.3. The Morgan fingerprint density at radius 1 is 0.902 bits per heavy atom. The standard InChI is InChI=1S/C31H42N4O6/c1-20(2)25(33-31(40)41-19-23-14-9-6-10-15-23)29(38)34-28(37)24-16-11-17-35(24)26(21(3)4)27(36)30(39)32-18-22-12-7-5-8-13-22/h5-10,12-15,20-21,24-27,36H,11,16-19H2,1-4H3,(H,32,39)(H,33,40)(H,34,37,38)/t24-,25-,26-,27?/m0/s1. The fraction of sp³-hybridized carbons (Fsp3) is 0.484. The normalized spacial score (nSPS) is 17.5. The average molecular weight is 567 g/mol. The van der Waals surface area contributed by atoms with Gasteiger partial charge in [0.25, 0.3) is 5.91 Å². The van der Waals surface area contributed by atoms with Gasteiger partial charge in [0, 0.05) is 12.6 Å². The van der Waals surface area contributed by atoms with Gasteiger partial charge in [-0.15, -0.1) is 0 Å². The third-order valence-corrected chi connectivity index (χ3v) is 7.25. The Labute approximate surface area is 241 Å². The van der Waals surface area contributed by atoms with E-state index in [0.717, 1.165) is 11.1 Å². The molecule has 10 nitrogen and oxygen atoms in total. The van der Waals surface area contributed by atoms with Crippen LogP contribution in [0.2, 0.25) is 0 Å². The van der Waals surface area contributed by atoms with Crippen LogP contribution in [0.3, 0.4) is 0 Å². The van der Waals surface area contributed by atoms with Crippen molar-refractivity contribution in [3.63, 3.8) is 0 Å². The van der Waals surface area contributed by atoms with Gasteiger partial charge in [-0.05, 0) is 42.3 Å². The highest BCUT2D eigenvalue weighted by atomic mass is 16.5. The topological polar surface area (TPSA) is 137 Å². The monoisotopic (exact) mass is 566 g/mol. The first-order valence-electron chi connectivity index (χ1n) is 14.2. The van der Waals surface area contributed by atoms with E-state index in [1.807, 2.05) is 79.4 Å². The molecule has 41 heavy (non-hydrogen) atoms. The van der Waals surface area contributed by atoms with Gasteiger partial charge in [0.2, 0.25) is 11.8 Å². The van der Waals surface area contributed by atoms with Gasteiger partial charge < -0.3 is 20.5 Å². The van der Waals surface area contributed by atoms with Crippen molar-refractivity contribution in [3.05, 3.63) is 71.8 Å². The molecule has 1 saturated heterocycles. The molecule has 10 heteroatoms. The van der Waals surface area contributed by atoms with Crippen molar-refractivity contribution >= 4 is 23.8 Å². The molecule has 3 rings (SSSR count). The summed E-state index contributed by atoms with van der Waals surface area (Å²) in [5.74, 6) is -2.16. The minimum atomic E-state index is -1.37. The number of amides is 4. The Morgan fingerprint density at radius 2 is 1.51 bits per heavy atom. The fourth-order valence-corrected chi connectivity index (χ4v) is 5.11. The number of imide groups is 1. The van der Waals surface area contributed by atoms with Gasteiger partial charge in [-0.1, -0.05) is 88.4 Å². The summed E-state index contributed by atoms with van der Waals surface area (Å²) in [5, 5.41) is 18.8. The second-order valence-corrected chi connectivity index (χ2v) is 11.1. The molecule has 0 aromatic heterocycles. The smallest absolute Gasteiger partial charge is 0.408 e. The predicted molar refractivity (Wildman–Crippen MR) is 154 cm³/mol. The zero-order chi connectivity index (χ0) is 29.9. The van der Waals surface area contributed by atoms with E-state index in [2.05, 4.69) is 16.0 Å². The number of ether oxygens (including phenoxy) is 1.